The van der Waals surface area contributed by atoms with Gasteiger partial charge in [-0.3, -0.25) is 14.8 Å². The van der Waals surface area contributed by atoms with Crippen LogP contribution in [0.3, 0.4) is 0 Å². The zero-order valence-corrected chi connectivity index (χ0v) is 12.1. The van der Waals surface area contributed by atoms with Gasteiger partial charge in [0.05, 0.1) is 28.6 Å². The molecule has 0 saturated heterocycles. The Labute approximate surface area is 130 Å². The SMILES string of the molecule is O=C(Nc1ccc(Cl)c2cccnc12)c1cncc(Cl)n1. The van der Waals surface area contributed by atoms with E-state index in [0.717, 1.165) is 5.39 Å². The van der Waals surface area contributed by atoms with Crippen molar-refractivity contribution in [3.8, 4) is 0 Å². The zero-order chi connectivity index (χ0) is 14.8. The van der Waals surface area contributed by atoms with Gasteiger partial charge in [0.15, 0.2) is 0 Å². The smallest absolute Gasteiger partial charge is 0.275 e. The maximum absolute atomic E-state index is 12.2. The van der Waals surface area contributed by atoms with Crippen molar-refractivity contribution in [2.45, 2.75) is 0 Å². The van der Waals surface area contributed by atoms with Gasteiger partial charge in [-0.15, -0.1) is 0 Å². The average molecular weight is 319 g/mol. The molecular formula is C14H8Cl2N4O. The molecule has 0 fully saturated rings. The molecule has 2 heterocycles. The minimum absolute atomic E-state index is 0.126. The van der Waals surface area contributed by atoms with E-state index in [1.54, 1.807) is 24.4 Å². The van der Waals surface area contributed by atoms with Gasteiger partial charge in [-0.25, -0.2) is 4.98 Å². The third-order valence-corrected chi connectivity index (χ3v) is 3.31. The first-order valence-electron chi connectivity index (χ1n) is 5.97. The average Bonchev–Trinajstić information content (AvgIpc) is 2.50. The number of amides is 1. The van der Waals surface area contributed by atoms with E-state index in [0.29, 0.717) is 16.2 Å². The van der Waals surface area contributed by atoms with Crippen LogP contribution in [-0.4, -0.2) is 20.9 Å². The summed E-state index contributed by atoms with van der Waals surface area (Å²) in [5.41, 5.74) is 1.27. The van der Waals surface area contributed by atoms with Crippen molar-refractivity contribution in [1.29, 1.82) is 0 Å². The van der Waals surface area contributed by atoms with Gasteiger partial charge in [-0.1, -0.05) is 23.2 Å². The summed E-state index contributed by atoms with van der Waals surface area (Å²) in [6.45, 7) is 0. The number of carbonyl (C=O) groups is 1. The van der Waals surface area contributed by atoms with E-state index in [4.69, 9.17) is 23.2 Å². The second kappa shape index (κ2) is 5.63. The fraction of sp³-hybridized carbons (Fsp3) is 0. The van der Waals surface area contributed by atoms with Crippen LogP contribution in [0.1, 0.15) is 10.5 Å². The monoisotopic (exact) mass is 318 g/mol. The lowest BCUT2D eigenvalue weighted by molar-refractivity contribution is 0.102. The van der Waals surface area contributed by atoms with Gasteiger partial charge < -0.3 is 5.32 Å². The maximum atomic E-state index is 12.2. The summed E-state index contributed by atoms with van der Waals surface area (Å²) in [6.07, 6.45) is 4.33. The van der Waals surface area contributed by atoms with E-state index >= 15 is 0 Å². The van der Waals surface area contributed by atoms with Gasteiger partial charge in [0.2, 0.25) is 0 Å². The number of rotatable bonds is 2. The van der Waals surface area contributed by atoms with E-state index in [1.165, 1.54) is 12.4 Å². The van der Waals surface area contributed by atoms with Gasteiger partial charge in [0.1, 0.15) is 10.8 Å². The van der Waals surface area contributed by atoms with E-state index < -0.39 is 5.91 Å². The number of hydrogen-bond acceptors (Lipinski definition) is 4. The fourth-order valence-corrected chi connectivity index (χ4v) is 2.24. The minimum atomic E-state index is -0.417. The zero-order valence-electron chi connectivity index (χ0n) is 10.5. The number of hydrogen-bond donors (Lipinski definition) is 1. The summed E-state index contributed by atoms with van der Waals surface area (Å²) in [7, 11) is 0. The standard InChI is InChI=1S/C14H8Cl2N4O/c15-9-3-4-10(13-8(9)2-1-5-18-13)20-14(21)11-6-17-7-12(16)19-11/h1-7H,(H,20,21). The van der Waals surface area contributed by atoms with Crippen LogP contribution in [0, 0.1) is 0 Å². The first kappa shape index (κ1) is 13.7. The van der Waals surface area contributed by atoms with Gasteiger partial charge in [-0.05, 0) is 24.3 Å². The van der Waals surface area contributed by atoms with Gasteiger partial charge in [-0.2, -0.15) is 0 Å². The molecule has 21 heavy (non-hydrogen) atoms. The van der Waals surface area contributed by atoms with Gasteiger partial charge >= 0.3 is 0 Å². The third kappa shape index (κ3) is 2.79. The number of aromatic nitrogens is 3. The van der Waals surface area contributed by atoms with E-state index in [-0.39, 0.29) is 10.8 Å². The molecule has 0 aliphatic carbocycles. The topological polar surface area (TPSA) is 67.8 Å². The van der Waals surface area contributed by atoms with Gasteiger partial charge in [0, 0.05) is 11.6 Å². The molecule has 5 nitrogen and oxygen atoms in total. The van der Waals surface area contributed by atoms with E-state index in [1.807, 2.05) is 6.07 Å². The second-order valence-electron chi connectivity index (χ2n) is 4.18. The summed E-state index contributed by atoms with van der Waals surface area (Å²) in [5.74, 6) is -0.417. The number of anilines is 1. The van der Waals surface area contributed by atoms with Crippen molar-refractivity contribution < 1.29 is 4.79 Å². The Kier molecular flexibility index (Phi) is 3.68. The number of pyridine rings is 1. The van der Waals surface area contributed by atoms with Crippen molar-refractivity contribution in [2.24, 2.45) is 0 Å². The molecule has 1 amide bonds. The van der Waals surface area contributed by atoms with Crippen molar-refractivity contribution in [3.63, 3.8) is 0 Å². The van der Waals surface area contributed by atoms with Crippen LogP contribution in [0.15, 0.2) is 42.9 Å². The number of halogens is 2. The molecule has 2 aromatic heterocycles. The van der Waals surface area contributed by atoms with Crippen molar-refractivity contribution >= 4 is 45.7 Å². The van der Waals surface area contributed by atoms with Crippen molar-refractivity contribution in [1.82, 2.24) is 15.0 Å². The highest BCUT2D eigenvalue weighted by Crippen LogP contribution is 2.28. The number of nitrogens with one attached hydrogen (secondary N) is 1. The molecule has 0 spiro atoms. The molecule has 1 N–H and O–H groups in total. The Morgan fingerprint density at radius 3 is 2.81 bits per heavy atom. The number of nitrogens with zero attached hydrogens (tertiary/aromatic N) is 3. The first-order chi connectivity index (χ1) is 10.1. The molecule has 1 aromatic carbocycles. The number of benzene rings is 1. The highest BCUT2D eigenvalue weighted by Gasteiger charge is 2.12. The second-order valence-corrected chi connectivity index (χ2v) is 4.97. The molecule has 0 saturated carbocycles. The predicted octanol–water partition coefficient (Wildman–Crippen LogP) is 3.58. The highest BCUT2D eigenvalue weighted by molar-refractivity contribution is 6.36. The molecular weight excluding hydrogens is 311 g/mol. The maximum Gasteiger partial charge on any atom is 0.275 e. The summed E-state index contributed by atoms with van der Waals surface area (Å²) in [6, 6.07) is 7.00. The van der Waals surface area contributed by atoms with Crippen LogP contribution in [0.5, 0.6) is 0 Å². The summed E-state index contributed by atoms with van der Waals surface area (Å²) in [5, 5.41) is 4.22. The lowest BCUT2D eigenvalue weighted by Crippen LogP contribution is -2.14. The lowest BCUT2D eigenvalue weighted by atomic mass is 10.2. The lowest BCUT2D eigenvalue weighted by Gasteiger charge is -2.08. The molecule has 3 rings (SSSR count). The first-order valence-corrected chi connectivity index (χ1v) is 6.73. The molecule has 0 unspecified atom stereocenters. The fourth-order valence-electron chi connectivity index (χ4n) is 1.88. The Balaban J connectivity index is 1.99. The van der Waals surface area contributed by atoms with Crippen LogP contribution >= 0.6 is 23.2 Å². The molecule has 0 radical (unpaired) electrons. The van der Waals surface area contributed by atoms with Crippen LogP contribution < -0.4 is 5.32 Å². The molecule has 7 heteroatoms. The van der Waals surface area contributed by atoms with Crippen molar-refractivity contribution in [2.75, 3.05) is 5.32 Å². The third-order valence-electron chi connectivity index (χ3n) is 2.80. The quantitative estimate of drug-likeness (QED) is 0.784. The number of carbonyl (C=O) groups excluding carboxylic acids is 1. The largest absolute Gasteiger partial charge is 0.319 e. The predicted molar refractivity (Wildman–Crippen MR) is 81.7 cm³/mol. The number of fused-ring (bicyclic) bond motifs is 1. The summed E-state index contributed by atoms with van der Waals surface area (Å²) >= 11 is 11.8. The molecule has 0 bridgehead atoms. The normalized spacial score (nSPS) is 10.6. The Morgan fingerprint density at radius 1 is 1.14 bits per heavy atom. The van der Waals surface area contributed by atoms with Crippen LogP contribution in [0.4, 0.5) is 5.69 Å². The Hall–Kier alpha value is -2.24. The van der Waals surface area contributed by atoms with Gasteiger partial charge in [0.25, 0.3) is 5.91 Å². The Bertz CT molecular complexity index is 838. The van der Waals surface area contributed by atoms with E-state index in [2.05, 4.69) is 20.3 Å². The molecule has 0 aliphatic rings. The molecule has 0 atom stereocenters. The van der Waals surface area contributed by atoms with Crippen LogP contribution in [-0.2, 0) is 0 Å². The molecule has 3 aromatic rings. The van der Waals surface area contributed by atoms with Crippen LogP contribution in [0.25, 0.3) is 10.9 Å². The van der Waals surface area contributed by atoms with Crippen LogP contribution in [0.2, 0.25) is 10.2 Å². The van der Waals surface area contributed by atoms with E-state index in [9.17, 15) is 4.79 Å². The highest BCUT2D eigenvalue weighted by atomic mass is 35.5. The molecule has 0 aliphatic heterocycles. The van der Waals surface area contributed by atoms with Crippen molar-refractivity contribution in [3.05, 3.63) is 58.7 Å². The Morgan fingerprint density at radius 2 is 2.00 bits per heavy atom. The summed E-state index contributed by atoms with van der Waals surface area (Å²) in [4.78, 5) is 24.1. The minimum Gasteiger partial charge on any atom is -0.319 e. The molecule has 104 valence electrons. The summed E-state index contributed by atoms with van der Waals surface area (Å²) < 4.78 is 0.